The lowest BCUT2D eigenvalue weighted by Crippen LogP contribution is -2.42. The van der Waals surface area contributed by atoms with Crippen molar-refractivity contribution in [1.29, 1.82) is 0 Å². The van der Waals surface area contributed by atoms with Crippen molar-refractivity contribution in [3.05, 3.63) is 16.1 Å². The molecule has 1 aliphatic heterocycles. The highest BCUT2D eigenvalue weighted by atomic mass is 32.1. The van der Waals surface area contributed by atoms with Gasteiger partial charge < -0.3 is 4.90 Å². The molecule has 5 heteroatoms. The summed E-state index contributed by atoms with van der Waals surface area (Å²) in [5.74, 6) is 0.419. The van der Waals surface area contributed by atoms with Crippen LogP contribution >= 0.6 is 11.3 Å². The normalized spacial score (nSPS) is 20.9. The van der Waals surface area contributed by atoms with Gasteiger partial charge in [0.05, 0.1) is 16.6 Å². The van der Waals surface area contributed by atoms with Crippen molar-refractivity contribution in [2.24, 2.45) is 5.92 Å². The zero-order chi connectivity index (χ0) is 13.1. The Labute approximate surface area is 113 Å². The average Bonchev–Trinajstić information content (AvgIpc) is 2.74. The molecule has 1 aromatic rings. The summed E-state index contributed by atoms with van der Waals surface area (Å²) in [5.41, 5.74) is 1.13. The first-order valence-electron chi connectivity index (χ1n) is 6.41. The predicted octanol–water partition coefficient (Wildman–Crippen LogP) is 1.75. The number of aryl methyl sites for hydroxylation is 1. The van der Waals surface area contributed by atoms with Crippen LogP contribution in [0.1, 0.15) is 23.5 Å². The summed E-state index contributed by atoms with van der Waals surface area (Å²) < 4.78 is 0. The monoisotopic (exact) mass is 267 g/mol. The molecule has 18 heavy (non-hydrogen) atoms. The van der Waals surface area contributed by atoms with Crippen molar-refractivity contribution >= 4 is 17.2 Å². The number of hydrogen-bond acceptors (Lipinski definition) is 4. The third-order valence-corrected chi connectivity index (χ3v) is 4.17. The van der Waals surface area contributed by atoms with Gasteiger partial charge in [-0.05, 0) is 26.3 Å². The zero-order valence-electron chi connectivity index (χ0n) is 11.3. The van der Waals surface area contributed by atoms with Crippen molar-refractivity contribution in [2.45, 2.75) is 26.3 Å². The quantitative estimate of drug-likeness (QED) is 0.837. The van der Waals surface area contributed by atoms with Gasteiger partial charge in [0.25, 0.3) is 0 Å². The fraction of sp³-hybridized carbons (Fsp3) is 0.692. The van der Waals surface area contributed by atoms with E-state index in [1.54, 1.807) is 16.2 Å². The molecule has 0 aromatic carbocycles. The van der Waals surface area contributed by atoms with Crippen LogP contribution < -0.4 is 0 Å². The van der Waals surface area contributed by atoms with E-state index in [1.165, 1.54) is 0 Å². The van der Waals surface area contributed by atoms with Gasteiger partial charge in [0, 0.05) is 32.6 Å². The summed E-state index contributed by atoms with van der Waals surface area (Å²) in [6.45, 7) is 4.85. The van der Waals surface area contributed by atoms with E-state index in [2.05, 4.69) is 15.3 Å². The minimum Gasteiger partial charge on any atom is -0.349 e. The van der Waals surface area contributed by atoms with Crippen LogP contribution in [0.2, 0.25) is 0 Å². The Morgan fingerprint density at radius 3 is 3.00 bits per heavy atom. The highest BCUT2D eigenvalue weighted by Gasteiger charge is 2.26. The average molecular weight is 267 g/mol. The third kappa shape index (κ3) is 3.29. The van der Waals surface area contributed by atoms with Gasteiger partial charge in [-0.3, -0.25) is 9.69 Å². The number of nitrogens with zero attached hydrogens (tertiary/aromatic N) is 3. The smallest absolute Gasteiger partial charge is 0.226 e. The Bertz CT molecular complexity index is 416. The summed E-state index contributed by atoms with van der Waals surface area (Å²) in [7, 11) is 3.68. The van der Waals surface area contributed by atoms with E-state index in [0.29, 0.717) is 0 Å². The molecule has 1 amide bonds. The second-order valence-corrected chi connectivity index (χ2v) is 6.23. The first-order chi connectivity index (χ1) is 8.56. The summed E-state index contributed by atoms with van der Waals surface area (Å²) in [4.78, 5) is 20.5. The summed E-state index contributed by atoms with van der Waals surface area (Å²) in [5, 5.41) is 3.23. The first-order valence-corrected chi connectivity index (χ1v) is 7.28. The van der Waals surface area contributed by atoms with Gasteiger partial charge in [-0.25, -0.2) is 4.98 Å². The van der Waals surface area contributed by atoms with Gasteiger partial charge in [0.15, 0.2) is 0 Å². The van der Waals surface area contributed by atoms with E-state index < -0.39 is 0 Å². The Kier molecular flexibility index (Phi) is 4.35. The molecule has 1 saturated heterocycles. The van der Waals surface area contributed by atoms with Crippen LogP contribution in [0, 0.1) is 12.8 Å². The lowest BCUT2D eigenvalue weighted by Gasteiger charge is -2.32. The second kappa shape index (κ2) is 5.80. The minimum absolute atomic E-state index is 0.161. The van der Waals surface area contributed by atoms with Crippen molar-refractivity contribution in [1.82, 2.24) is 14.8 Å². The van der Waals surface area contributed by atoms with E-state index in [9.17, 15) is 4.79 Å². The molecular weight excluding hydrogens is 246 g/mol. The molecule has 100 valence electrons. The highest BCUT2D eigenvalue weighted by Crippen LogP contribution is 2.20. The molecule has 1 aliphatic rings. The van der Waals surface area contributed by atoms with E-state index >= 15 is 0 Å². The van der Waals surface area contributed by atoms with Crippen LogP contribution in [0.5, 0.6) is 0 Å². The topological polar surface area (TPSA) is 36.4 Å². The SMILES string of the molecule is Cc1nc(CN2CCCC(C(=O)N(C)C)C2)cs1. The second-order valence-electron chi connectivity index (χ2n) is 5.16. The fourth-order valence-electron chi connectivity index (χ4n) is 2.48. The molecule has 1 unspecified atom stereocenters. The number of rotatable bonds is 3. The van der Waals surface area contributed by atoms with Gasteiger partial charge >= 0.3 is 0 Å². The molecule has 1 aromatic heterocycles. The molecule has 0 radical (unpaired) electrons. The summed E-state index contributed by atoms with van der Waals surface area (Å²) in [6, 6.07) is 0. The number of thiazole rings is 1. The maximum atomic E-state index is 12.0. The van der Waals surface area contributed by atoms with Crippen LogP contribution in [-0.4, -0.2) is 47.9 Å². The molecule has 0 N–H and O–H groups in total. The first kappa shape index (κ1) is 13.5. The Morgan fingerprint density at radius 1 is 1.61 bits per heavy atom. The van der Waals surface area contributed by atoms with Crippen LogP contribution in [0.3, 0.4) is 0 Å². The fourth-order valence-corrected chi connectivity index (χ4v) is 3.08. The van der Waals surface area contributed by atoms with Crippen molar-refractivity contribution in [3.63, 3.8) is 0 Å². The number of amides is 1. The van der Waals surface area contributed by atoms with Crippen molar-refractivity contribution < 1.29 is 4.79 Å². The van der Waals surface area contributed by atoms with Gasteiger partial charge in [-0.2, -0.15) is 0 Å². The van der Waals surface area contributed by atoms with Crippen molar-refractivity contribution in [3.8, 4) is 0 Å². The number of piperidine rings is 1. The molecule has 0 bridgehead atoms. The maximum Gasteiger partial charge on any atom is 0.226 e. The molecule has 0 aliphatic carbocycles. The molecule has 4 nitrogen and oxygen atoms in total. The van der Waals surface area contributed by atoms with Crippen LogP contribution in [0.4, 0.5) is 0 Å². The molecule has 0 spiro atoms. The minimum atomic E-state index is 0.161. The molecule has 1 fully saturated rings. The van der Waals surface area contributed by atoms with Gasteiger partial charge in [0.2, 0.25) is 5.91 Å². The van der Waals surface area contributed by atoms with Crippen LogP contribution in [0.15, 0.2) is 5.38 Å². The summed E-state index contributed by atoms with van der Waals surface area (Å²) >= 11 is 1.69. The Morgan fingerprint density at radius 2 is 2.39 bits per heavy atom. The lowest BCUT2D eigenvalue weighted by atomic mass is 9.96. The van der Waals surface area contributed by atoms with Gasteiger partial charge in [-0.15, -0.1) is 11.3 Å². The third-order valence-electron chi connectivity index (χ3n) is 3.35. The van der Waals surface area contributed by atoms with Gasteiger partial charge in [-0.1, -0.05) is 0 Å². The number of hydrogen-bond donors (Lipinski definition) is 0. The Hall–Kier alpha value is -0.940. The number of carbonyl (C=O) groups is 1. The van der Waals surface area contributed by atoms with Crippen molar-refractivity contribution in [2.75, 3.05) is 27.2 Å². The number of aromatic nitrogens is 1. The van der Waals surface area contributed by atoms with Crippen LogP contribution in [-0.2, 0) is 11.3 Å². The highest BCUT2D eigenvalue weighted by molar-refractivity contribution is 7.09. The standard InChI is InChI=1S/C13H21N3OS/c1-10-14-12(9-18-10)8-16-6-4-5-11(7-16)13(17)15(2)3/h9,11H,4-8H2,1-3H3. The van der Waals surface area contributed by atoms with E-state index in [0.717, 1.165) is 43.2 Å². The molecule has 0 saturated carbocycles. The lowest BCUT2D eigenvalue weighted by molar-refractivity contribution is -0.134. The maximum absolute atomic E-state index is 12.0. The Balaban J connectivity index is 1.92. The van der Waals surface area contributed by atoms with E-state index in [4.69, 9.17) is 0 Å². The summed E-state index contributed by atoms with van der Waals surface area (Å²) in [6.07, 6.45) is 2.12. The number of carbonyl (C=O) groups excluding carboxylic acids is 1. The van der Waals surface area contributed by atoms with E-state index in [-0.39, 0.29) is 11.8 Å². The largest absolute Gasteiger partial charge is 0.349 e. The predicted molar refractivity (Wildman–Crippen MR) is 73.5 cm³/mol. The van der Waals surface area contributed by atoms with Gasteiger partial charge in [0.1, 0.15) is 0 Å². The molecule has 2 rings (SSSR count). The molecular formula is C13H21N3OS. The molecule has 2 heterocycles. The van der Waals surface area contributed by atoms with Crippen LogP contribution in [0.25, 0.3) is 0 Å². The van der Waals surface area contributed by atoms with E-state index in [1.807, 2.05) is 21.0 Å². The molecule has 1 atom stereocenters. The number of likely N-dealkylation sites (tertiary alicyclic amines) is 1. The zero-order valence-corrected chi connectivity index (χ0v) is 12.2.